The van der Waals surface area contributed by atoms with Gasteiger partial charge in [-0.2, -0.15) is 0 Å². The largest absolute Gasteiger partial charge is 0.0986 e. The zero-order valence-corrected chi connectivity index (χ0v) is 23.2. The molecule has 1 fully saturated rings. The molecule has 3 aliphatic rings. The van der Waals surface area contributed by atoms with Crippen LogP contribution in [0, 0.1) is 43.4 Å². The van der Waals surface area contributed by atoms with Crippen LogP contribution in [0.5, 0.6) is 0 Å². The molecule has 4 unspecified atom stereocenters. The zero-order valence-electron chi connectivity index (χ0n) is 23.2. The first kappa shape index (κ1) is 25.1. The molecule has 2 aromatic carbocycles. The summed E-state index contributed by atoms with van der Waals surface area (Å²) in [7, 11) is 0. The second-order valence-electron chi connectivity index (χ2n) is 12.4. The third kappa shape index (κ3) is 4.84. The predicted octanol–water partition coefficient (Wildman–Crippen LogP) is 9.85. The minimum Gasteiger partial charge on any atom is -0.0986 e. The van der Waals surface area contributed by atoms with Gasteiger partial charge in [0.15, 0.2) is 0 Å². The van der Waals surface area contributed by atoms with Crippen LogP contribution in [0.4, 0.5) is 0 Å². The average molecular weight is 477 g/mol. The highest BCUT2D eigenvalue weighted by Crippen LogP contribution is 2.43. The maximum absolute atomic E-state index is 4.44. The van der Waals surface area contributed by atoms with Gasteiger partial charge in [0.2, 0.25) is 0 Å². The molecule has 0 radical (unpaired) electrons. The third-order valence-corrected chi connectivity index (χ3v) is 9.50. The Morgan fingerprint density at radius 3 is 2.53 bits per heavy atom. The van der Waals surface area contributed by atoms with Crippen molar-refractivity contribution in [3.05, 3.63) is 100 Å². The summed E-state index contributed by atoms with van der Waals surface area (Å²) < 4.78 is 0. The average Bonchev–Trinajstić information content (AvgIpc) is 3.25. The Morgan fingerprint density at radius 1 is 0.944 bits per heavy atom. The summed E-state index contributed by atoms with van der Waals surface area (Å²) >= 11 is 0. The molecular formula is C36H44. The summed E-state index contributed by atoms with van der Waals surface area (Å²) in [5.41, 5.74) is 14.3. The second kappa shape index (κ2) is 10.0. The van der Waals surface area contributed by atoms with E-state index >= 15 is 0 Å². The summed E-state index contributed by atoms with van der Waals surface area (Å²) in [5, 5.41) is 0. The van der Waals surface area contributed by atoms with Gasteiger partial charge in [0.1, 0.15) is 0 Å². The summed E-state index contributed by atoms with van der Waals surface area (Å²) in [6.07, 6.45) is 14.3. The molecule has 0 aliphatic heterocycles. The van der Waals surface area contributed by atoms with E-state index in [1.54, 1.807) is 5.56 Å². The maximum Gasteiger partial charge on any atom is 0.00826 e. The van der Waals surface area contributed by atoms with E-state index in [9.17, 15) is 0 Å². The summed E-state index contributed by atoms with van der Waals surface area (Å²) in [5.74, 6) is 3.28. The molecule has 5 rings (SSSR count). The molecule has 2 aromatic rings. The van der Waals surface area contributed by atoms with E-state index in [0.29, 0.717) is 11.8 Å². The molecule has 36 heavy (non-hydrogen) atoms. The molecular weight excluding hydrogens is 432 g/mol. The molecule has 0 bridgehead atoms. The number of hydrogen-bond donors (Lipinski definition) is 0. The standard InChI is InChI=1S/C36H44/c1-22-11-14-30(26(5)15-22)21-34-27(6)16-23(2)17-36(34)32-10-8-9-31-18-29(20-35(31)32)19-33-25(4)13-12-24(3)28(33)7/h8-10,12-13,16-18,22,24,26,30,33H,4,7,11,14-15,19-21H2,1-3,5-6H3/t22?,24?,26-,30?,33?/m0/s1. The number of allylic oxidation sites excluding steroid dienone is 5. The zero-order chi connectivity index (χ0) is 25.6. The van der Waals surface area contributed by atoms with Crippen molar-refractivity contribution < 1.29 is 0 Å². The van der Waals surface area contributed by atoms with E-state index in [1.807, 2.05) is 0 Å². The van der Waals surface area contributed by atoms with Gasteiger partial charge in [-0.3, -0.25) is 0 Å². The van der Waals surface area contributed by atoms with Crippen LogP contribution in [0.2, 0.25) is 0 Å². The quantitative estimate of drug-likeness (QED) is 0.377. The van der Waals surface area contributed by atoms with Crippen LogP contribution in [0.15, 0.2) is 72.4 Å². The van der Waals surface area contributed by atoms with E-state index in [4.69, 9.17) is 0 Å². The molecule has 3 aliphatic carbocycles. The molecule has 0 nitrogen and oxygen atoms in total. The summed E-state index contributed by atoms with van der Waals surface area (Å²) in [6.45, 7) is 20.6. The van der Waals surface area contributed by atoms with Gasteiger partial charge in [-0.05, 0) is 109 Å². The van der Waals surface area contributed by atoms with Gasteiger partial charge in [0.25, 0.3) is 0 Å². The first-order chi connectivity index (χ1) is 17.2. The highest BCUT2D eigenvalue weighted by molar-refractivity contribution is 5.80. The Hall–Kier alpha value is -2.60. The van der Waals surface area contributed by atoms with E-state index in [-0.39, 0.29) is 0 Å². The SMILES string of the molecule is C=C1C=CC(C)C(=C)C1CC1=Cc2cccc(-c3cc(C)cc(C)c3CC3CCC(C)C[C@@H]3C)c2C1. The molecule has 0 N–H and O–H groups in total. The van der Waals surface area contributed by atoms with Gasteiger partial charge in [-0.25, -0.2) is 0 Å². The first-order valence-electron chi connectivity index (χ1n) is 14.2. The third-order valence-electron chi connectivity index (χ3n) is 9.50. The lowest BCUT2D eigenvalue weighted by Gasteiger charge is -2.33. The Kier molecular flexibility index (Phi) is 6.99. The van der Waals surface area contributed by atoms with Crippen molar-refractivity contribution in [1.82, 2.24) is 0 Å². The van der Waals surface area contributed by atoms with Crippen molar-refractivity contribution in [2.45, 2.75) is 73.1 Å². The number of fused-ring (bicyclic) bond motifs is 1. The molecule has 1 saturated carbocycles. The van der Waals surface area contributed by atoms with Gasteiger partial charge in [-0.1, -0.05) is 106 Å². The first-order valence-corrected chi connectivity index (χ1v) is 14.2. The van der Waals surface area contributed by atoms with Gasteiger partial charge in [0.05, 0.1) is 0 Å². The topological polar surface area (TPSA) is 0 Å². The lowest BCUT2D eigenvalue weighted by atomic mass is 9.72. The van der Waals surface area contributed by atoms with Crippen LogP contribution in [0.1, 0.15) is 74.3 Å². The molecule has 0 saturated heterocycles. The van der Waals surface area contributed by atoms with E-state index in [2.05, 4.69) is 96.3 Å². The molecule has 0 amide bonds. The van der Waals surface area contributed by atoms with Crippen molar-refractivity contribution in [3.63, 3.8) is 0 Å². The van der Waals surface area contributed by atoms with Crippen molar-refractivity contribution in [2.24, 2.45) is 29.6 Å². The normalized spacial score (nSPS) is 27.8. The van der Waals surface area contributed by atoms with Crippen molar-refractivity contribution >= 4 is 6.08 Å². The Bertz CT molecular complexity index is 1250. The van der Waals surface area contributed by atoms with Gasteiger partial charge in [-0.15, -0.1) is 0 Å². The molecule has 0 aromatic heterocycles. The number of aryl methyl sites for hydroxylation is 2. The van der Waals surface area contributed by atoms with E-state index in [0.717, 1.165) is 30.6 Å². The smallest absolute Gasteiger partial charge is 0.00826 e. The minimum atomic E-state index is 0.362. The monoisotopic (exact) mass is 476 g/mol. The van der Waals surface area contributed by atoms with E-state index < -0.39 is 0 Å². The van der Waals surface area contributed by atoms with Crippen LogP contribution >= 0.6 is 0 Å². The summed E-state index contributed by atoms with van der Waals surface area (Å²) in [6, 6.07) is 11.8. The van der Waals surface area contributed by atoms with Crippen LogP contribution in [-0.2, 0) is 12.8 Å². The second-order valence-corrected chi connectivity index (χ2v) is 12.4. The molecule has 0 heterocycles. The Morgan fingerprint density at radius 2 is 1.75 bits per heavy atom. The van der Waals surface area contributed by atoms with Crippen LogP contribution in [0.3, 0.4) is 0 Å². The van der Waals surface area contributed by atoms with Crippen LogP contribution in [0.25, 0.3) is 17.2 Å². The number of rotatable bonds is 5. The van der Waals surface area contributed by atoms with E-state index in [1.165, 1.54) is 75.8 Å². The number of hydrogen-bond acceptors (Lipinski definition) is 0. The lowest BCUT2D eigenvalue weighted by molar-refractivity contribution is 0.203. The highest BCUT2D eigenvalue weighted by Gasteiger charge is 2.29. The molecule has 0 spiro atoms. The fraction of sp³-hybridized carbons (Fsp3) is 0.444. The maximum atomic E-state index is 4.44. The Balaban J connectivity index is 1.45. The van der Waals surface area contributed by atoms with Crippen molar-refractivity contribution in [1.29, 1.82) is 0 Å². The molecule has 188 valence electrons. The lowest BCUT2D eigenvalue weighted by Crippen LogP contribution is -2.23. The van der Waals surface area contributed by atoms with Crippen molar-refractivity contribution in [2.75, 3.05) is 0 Å². The van der Waals surface area contributed by atoms with Gasteiger partial charge < -0.3 is 0 Å². The van der Waals surface area contributed by atoms with Crippen LogP contribution in [-0.4, -0.2) is 0 Å². The fourth-order valence-electron chi connectivity index (χ4n) is 7.21. The number of benzene rings is 2. The fourth-order valence-corrected chi connectivity index (χ4v) is 7.21. The summed E-state index contributed by atoms with van der Waals surface area (Å²) in [4.78, 5) is 0. The predicted molar refractivity (Wildman–Crippen MR) is 157 cm³/mol. The van der Waals surface area contributed by atoms with Gasteiger partial charge in [0, 0.05) is 5.92 Å². The highest BCUT2D eigenvalue weighted by atomic mass is 14.3. The van der Waals surface area contributed by atoms with Gasteiger partial charge >= 0.3 is 0 Å². The molecule has 5 atom stereocenters. The molecule has 0 heteroatoms. The minimum absolute atomic E-state index is 0.362. The van der Waals surface area contributed by atoms with Crippen molar-refractivity contribution in [3.8, 4) is 11.1 Å². The van der Waals surface area contributed by atoms with Crippen LogP contribution < -0.4 is 0 Å². The Labute approximate surface area is 219 Å².